The molecule has 1 aromatic carbocycles. The van der Waals surface area contributed by atoms with E-state index in [4.69, 9.17) is 14.2 Å². The zero-order valence-electron chi connectivity index (χ0n) is 11.8. The number of anilines is 1. The summed E-state index contributed by atoms with van der Waals surface area (Å²) in [7, 11) is 4.42. The van der Waals surface area contributed by atoms with Gasteiger partial charge in [-0.3, -0.25) is 4.79 Å². The molecule has 0 aliphatic rings. The van der Waals surface area contributed by atoms with Gasteiger partial charge in [0.15, 0.2) is 17.3 Å². The molecule has 6 nitrogen and oxygen atoms in total. The van der Waals surface area contributed by atoms with Crippen molar-refractivity contribution in [1.29, 1.82) is 0 Å². The minimum absolute atomic E-state index is 0.0428. The van der Waals surface area contributed by atoms with Crippen LogP contribution in [-0.4, -0.2) is 46.9 Å². The number of benzene rings is 1. The molecule has 0 unspecified atom stereocenters. The summed E-state index contributed by atoms with van der Waals surface area (Å²) in [6.45, 7) is 1.10. The minimum Gasteiger partial charge on any atom is -0.493 e. The standard InChI is InChI=1S/C13H19FN2O4/c1-18-5-4-15-8-13(17)16-10-7-12(20-3)11(19-2)6-9(10)14/h6-7,15H,4-5,8H2,1-3H3,(H,16,17). The third kappa shape index (κ3) is 4.67. The van der Waals surface area contributed by atoms with Crippen molar-refractivity contribution in [3.8, 4) is 11.5 Å². The highest BCUT2D eigenvalue weighted by Gasteiger charge is 2.13. The van der Waals surface area contributed by atoms with E-state index in [0.717, 1.165) is 6.07 Å². The summed E-state index contributed by atoms with van der Waals surface area (Å²) in [5.41, 5.74) is 0.0428. The van der Waals surface area contributed by atoms with Crippen LogP contribution < -0.4 is 20.1 Å². The summed E-state index contributed by atoms with van der Waals surface area (Å²) in [6.07, 6.45) is 0. The summed E-state index contributed by atoms with van der Waals surface area (Å²) in [5, 5.41) is 5.32. The van der Waals surface area contributed by atoms with Crippen molar-refractivity contribution >= 4 is 11.6 Å². The molecule has 0 radical (unpaired) electrons. The van der Waals surface area contributed by atoms with Crippen LogP contribution in [0.4, 0.5) is 10.1 Å². The molecule has 0 atom stereocenters. The number of ether oxygens (including phenoxy) is 3. The maximum Gasteiger partial charge on any atom is 0.238 e. The highest BCUT2D eigenvalue weighted by molar-refractivity contribution is 5.92. The molecular formula is C13H19FN2O4. The van der Waals surface area contributed by atoms with Gasteiger partial charge in [-0.25, -0.2) is 4.39 Å². The highest BCUT2D eigenvalue weighted by atomic mass is 19.1. The number of rotatable bonds is 8. The first-order valence-electron chi connectivity index (χ1n) is 6.03. The molecule has 2 N–H and O–H groups in total. The smallest absolute Gasteiger partial charge is 0.238 e. The van der Waals surface area contributed by atoms with Gasteiger partial charge in [0, 0.05) is 25.8 Å². The van der Waals surface area contributed by atoms with E-state index in [9.17, 15) is 9.18 Å². The Morgan fingerprint density at radius 3 is 2.45 bits per heavy atom. The molecule has 0 aromatic heterocycles. The maximum absolute atomic E-state index is 13.8. The fourth-order valence-corrected chi connectivity index (χ4v) is 1.52. The molecule has 7 heteroatoms. The van der Waals surface area contributed by atoms with Gasteiger partial charge in [-0.1, -0.05) is 0 Å². The van der Waals surface area contributed by atoms with Crippen LogP contribution >= 0.6 is 0 Å². The first-order valence-corrected chi connectivity index (χ1v) is 6.03. The van der Waals surface area contributed by atoms with Crippen LogP contribution in [0.25, 0.3) is 0 Å². The Morgan fingerprint density at radius 2 is 1.85 bits per heavy atom. The van der Waals surface area contributed by atoms with Crippen molar-refractivity contribution in [1.82, 2.24) is 5.32 Å². The molecule has 0 spiro atoms. The lowest BCUT2D eigenvalue weighted by molar-refractivity contribution is -0.115. The molecule has 0 heterocycles. The Hall–Kier alpha value is -1.86. The van der Waals surface area contributed by atoms with E-state index in [2.05, 4.69) is 10.6 Å². The van der Waals surface area contributed by atoms with Crippen LogP contribution in [0.5, 0.6) is 11.5 Å². The van der Waals surface area contributed by atoms with Gasteiger partial charge in [0.1, 0.15) is 0 Å². The average Bonchev–Trinajstić information content (AvgIpc) is 2.45. The van der Waals surface area contributed by atoms with Gasteiger partial charge in [0.2, 0.25) is 5.91 Å². The lowest BCUT2D eigenvalue weighted by Gasteiger charge is -2.12. The van der Waals surface area contributed by atoms with Crippen molar-refractivity contribution in [2.24, 2.45) is 0 Å². The number of methoxy groups -OCH3 is 3. The molecular weight excluding hydrogens is 267 g/mol. The molecule has 0 fully saturated rings. The average molecular weight is 286 g/mol. The van der Waals surface area contributed by atoms with Crippen molar-refractivity contribution in [3.05, 3.63) is 17.9 Å². The molecule has 112 valence electrons. The Morgan fingerprint density at radius 1 is 1.20 bits per heavy atom. The molecule has 0 bridgehead atoms. The fraction of sp³-hybridized carbons (Fsp3) is 0.462. The van der Waals surface area contributed by atoms with Crippen LogP contribution in [0.15, 0.2) is 12.1 Å². The third-order valence-corrected chi connectivity index (χ3v) is 2.52. The SMILES string of the molecule is COCCNCC(=O)Nc1cc(OC)c(OC)cc1F. The van der Waals surface area contributed by atoms with Gasteiger partial charge in [0.25, 0.3) is 0 Å². The van der Waals surface area contributed by atoms with E-state index < -0.39 is 5.82 Å². The summed E-state index contributed by atoms with van der Waals surface area (Å²) in [4.78, 5) is 11.6. The van der Waals surface area contributed by atoms with E-state index >= 15 is 0 Å². The third-order valence-electron chi connectivity index (χ3n) is 2.52. The first kappa shape index (κ1) is 16.2. The van der Waals surface area contributed by atoms with E-state index in [1.54, 1.807) is 7.11 Å². The molecule has 0 saturated carbocycles. The van der Waals surface area contributed by atoms with Gasteiger partial charge in [-0.2, -0.15) is 0 Å². The summed E-state index contributed by atoms with van der Waals surface area (Å²) < 4.78 is 28.6. The molecule has 0 aliphatic carbocycles. The van der Waals surface area contributed by atoms with Gasteiger partial charge >= 0.3 is 0 Å². The second-order valence-electron chi connectivity index (χ2n) is 3.90. The number of hydrogen-bond donors (Lipinski definition) is 2. The second-order valence-corrected chi connectivity index (χ2v) is 3.90. The lowest BCUT2D eigenvalue weighted by atomic mass is 10.2. The Kier molecular flexibility index (Phi) is 6.75. The van der Waals surface area contributed by atoms with Crippen LogP contribution in [0.1, 0.15) is 0 Å². The zero-order chi connectivity index (χ0) is 15.0. The fourth-order valence-electron chi connectivity index (χ4n) is 1.52. The Balaban J connectivity index is 2.65. The van der Waals surface area contributed by atoms with E-state index in [0.29, 0.717) is 18.9 Å². The van der Waals surface area contributed by atoms with Gasteiger partial charge in [-0.15, -0.1) is 0 Å². The Labute approximate surface area is 117 Å². The largest absolute Gasteiger partial charge is 0.493 e. The van der Waals surface area contributed by atoms with Gasteiger partial charge in [0.05, 0.1) is 33.1 Å². The van der Waals surface area contributed by atoms with E-state index in [-0.39, 0.29) is 23.9 Å². The van der Waals surface area contributed by atoms with Gasteiger partial charge in [-0.05, 0) is 0 Å². The monoisotopic (exact) mass is 286 g/mol. The highest BCUT2D eigenvalue weighted by Crippen LogP contribution is 2.32. The molecule has 1 aromatic rings. The zero-order valence-corrected chi connectivity index (χ0v) is 11.8. The van der Waals surface area contributed by atoms with Crippen molar-refractivity contribution in [2.75, 3.05) is 46.3 Å². The molecule has 0 aliphatic heterocycles. The van der Waals surface area contributed by atoms with Crippen LogP contribution in [0.2, 0.25) is 0 Å². The summed E-state index contributed by atoms with van der Waals surface area (Å²) >= 11 is 0. The first-order chi connectivity index (χ1) is 9.62. The number of carbonyl (C=O) groups is 1. The van der Waals surface area contributed by atoms with E-state index in [1.165, 1.54) is 20.3 Å². The predicted octanol–water partition coefficient (Wildman–Crippen LogP) is 1.02. The molecule has 20 heavy (non-hydrogen) atoms. The minimum atomic E-state index is -0.590. The summed E-state index contributed by atoms with van der Waals surface area (Å²) in [5.74, 6) is -0.335. The van der Waals surface area contributed by atoms with E-state index in [1.807, 2.05) is 0 Å². The summed E-state index contributed by atoms with van der Waals surface area (Å²) in [6, 6.07) is 2.54. The number of amides is 1. The topological polar surface area (TPSA) is 68.8 Å². The Bertz CT molecular complexity index is 454. The number of halogens is 1. The lowest BCUT2D eigenvalue weighted by Crippen LogP contribution is -2.30. The molecule has 0 saturated heterocycles. The van der Waals surface area contributed by atoms with Crippen molar-refractivity contribution in [3.63, 3.8) is 0 Å². The van der Waals surface area contributed by atoms with Crippen molar-refractivity contribution < 1.29 is 23.4 Å². The number of nitrogens with one attached hydrogen (secondary N) is 2. The normalized spacial score (nSPS) is 10.2. The second kappa shape index (κ2) is 8.34. The van der Waals surface area contributed by atoms with Crippen LogP contribution in [-0.2, 0) is 9.53 Å². The van der Waals surface area contributed by atoms with Gasteiger partial charge < -0.3 is 24.8 Å². The van der Waals surface area contributed by atoms with Crippen LogP contribution in [0, 0.1) is 5.82 Å². The quantitative estimate of drug-likeness (QED) is 0.698. The number of carbonyl (C=O) groups excluding carboxylic acids is 1. The molecule has 1 rings (SSSR count). The van der Waals surface area contributed by atoms with Crippen LogP contribution in [0.3, 0.4) is 0 Å². The molecule has 1 amide bonds. The van der Waals surface area contributed by atoms with Crippen molar-refractivity contribution in [2.45, 2.75) is 0 Å². The predicted molar refractivity (Wildman–Crippen MR) is 72.9 cm³/mol. The maximum atomic E-state index is 13.8. The number of hydrogen-bond acceptors (Lipinski definition) is 5.